The van der Waals surface area contributed by atoms with Crippen LogP contribution in [0.3, 0.4) is 0 Å². The van der Waals surface area contributed by atoms with Crippen molar-refractivity contribution in [3.63, 3.8) is 0 Å². The first-order valence-corrected chi connectivity index (χ1v) is 7.72. The second kappa shape index (κ2) is 12.5. The van der Waals surface area contributed by atoms with E-state index in [1.807, 2.05) is 50.4 Å². The van der Waals surface area contributed by atoms with Crippen molar-refractivity contribution in [3.05, 3.63) is 78.6 Å². The minimum atomic E-state index is 0.828. The van der Waals surface area contributed by atoms with Gasteiger partial charge in [-0.25, -0.2) is 0 Å². The summed E-state index contributed by atoms with van der Waals surface area (Å²) in [6, 6.07) is 6.14. The number of likely N-dealkylation sites (N-methyl/N-ethyl adjacent to an activating group) is 1. The molecule has 0 fully saturated rings. The third-order valence-corrected chi connectivity index (χ3v) is 3.06. The Morgan fingerprint density at radius 2 is 1.95 bits per heavy atom. The first-order valence-electron chi connectivity index (χ1n) is 7.72. The lowest BCUT2D eigenvalue weighted by atomic mass is 9.99. The van der Waals surface area contributed by atoms with Crippen LogP contribution in [-0.2, 0) is 12.8 Å². The second-order valence-electron chi connectivity index (χ2n) is 4.95. The number of nitrogens with two attached hydrogens (primary N) is 1. The number of hydrogen-bond acceptors (Lipinski definition) is 2. The van der Waals surface area contributed by atoms with Crippen LogP contribution in [0, 0.1) is 0 Å². The molecule has 0 bridgehead atoms. The van der Waals surface area contributed by atoms with Gasteiger partial charge in [0.05, 0.1) is 0 Å². The molecular formula is C20H30N2. The molecule has 0 saturated heterocycles. The van der Waals surface area contributed by atoms with Gasteiger partial charge in [0.2, 0.25) is 0 Å². The standard InChI is InChI=1S/C13H20N2.C7H10/c1-4-5-11-6-7-13(14)9-12(11)8-10(2)15-3;1-3-5-7-6-4-2/h6-7,9,15H,2,4-5,8,14H2,1,3H3;3-7H,1H2,2H3/b;6-4-,7-5-. The van der Waals surface area contributed by atoms with Gasteiger partial charge in [-0.1, -0.05) is 62.9 Å². The summed E-state index contributed by atoms with van der Waals surface area (Å²) in [5.74, 6) is 0. The lowest BCUT2D eigenvalue weighted by Gasteiger charge is -2.11. The summed E-state index contributed by atoms with van der Waals surface area (Å²) in [5.41, 5.74) is 10.3. The molecule has 120 valence electrons. The molecule has 0 aliphatic heterocycles. The van der Waals surface area contributed by atoms with Gasteiger partial charge in [-0.2, -0.15) is 0 Å². The Morgan fingerprint density at radius 3 is 2.50 bits per heavy atom. The van der Waals surface area contributed by atoms with Crippen molar-refractivity contribution in [1.29, 1.82) is 0 Å². The summed E-state index contributed by atoms with van der Waals surface area (Å²) >= 11 is 0. The zero-order valence-electron chi connectivity index (χ0n) is 14.2. The van der Waals surface area contributed by atoms with Crippen molar-refractivity contribution in [2.45, 2.75) is 33.1 Å². The molecule has 0 aliphatic carbocycles. The van der Waals surface area contributed by atoms with Gasteiger partial charge in [0.25, 0.3) is 0 Å². The fourth-order valence-electron chi connectivity index (χ4n) is 1.90. The minimum Gasteiger partial charge on any atom is -0.399 e. The van der Waals surface area contributed by atoms with Crippen molar-refractivity contribution in [2.24, 2.45) is 0 Å². The van der Waals surface area contributed by atoms with E-state index < -0.39 is 0 Å². The predicted molar refractivity (Wildman–Crippen MR) is 101 cm³/mol. The first-order chi connectivity index (χ1) is 10.6. The van der Waals surface area contributed by atoms with Crippen LogP contribution in [0.15, 0.2) is 67.4 Å². The number of hydrogen-bond donors (Lipinski definition) is 2. The van der Waals surface area contributed by atoms with Crippen LogP contribution < -0.4 is 11.1 Å². The number of nitrogens with one attached hydrogen (secondary N) is 1. The van der Waals surface area contributed by atoms with E-state index in [0.717, 1.165) is 30.6 Å². The Hall–Kier alpha value is -2.22. The van der Waals surface area contributed by atoms with Gasteiger partial charge in [0, 0.05) is 24.9 Å². The van der Waals surface area contributed by atoms with Gasteiger partial charge < -0.3 is 11.1 Å². The van der Waals surface area contributed by atoms with E-state index in [1.165, 1.54) is 11.1 Å². The third-order valence-electron chi connectivity index (χ3n) is 3.06. The molecule has 1 rings (SSSR count). The highest BCUT2D eigenvalue weighted by Crippen LogP contribution is 2.17. The van der Waals surface area contributed by atoms with Gasteiger partial charge in [-0.3, -0.25) is 0 Å². The lowest BCUT2D eigenvalue weighted by molar-refractivity contribution is 0.878. The topological polar surface area (TPSA) is 38.0 Å². The van der Waals surface area contributed by atoms with E-state index >= 15 is 0 Å². The Bertz CT molecular complexity index is 510. The second-order valence-corrected chi connectivity index (χ2v) is 4.95. The fourth-order valence-corrected chi connectivity index (χ4v) is 1.90. The molecule has 3 N–H and O–H groups in total. The summed E-state index contributed by atoms with van der Waals surface area (Å²) in [6.45, 7) is 11.6. The Labute approximate surface area is 136 Å². The van der Waals surface area contributed by atoms with Crippen LogP contribution >= 0.6 is 0 Å². The summed E-state index contributed by atoms with van der Waals surface area (Å²) < 4.78 is 0. The van der Waals surface area contributed by atoms with Crippen molar-refractivity contribution in [3.8, 4) is 0 Å². The molecule has 0 radical (unpaired) electrons. The molecule has 0 unspecified atom stereocenters. The SMILES string of the molecule is C=C(Cc1cc(N)ccc1CCC)NC.C=C/C=C\C=C/C. The number of allylic oxidation sites excluding steroid dienone is 6. The highest BCUT2D eigenvalue weighted by atomic mass is 14.8. The van der Waals surface area contributed by atoms with Crippen molar-refractivity contribution < 1.29 is 0 Å². The average Bonchev–Trinajstić information content (AvgIpc) is 2.51. The molecule has 0 spiro atoms. The van der Waals surface area contributed by atoms with Crippen LogP contribution in [-0.4, -0.2) is 7.05 Å². The largest absolute Gasteiger partial charge is 0.399 e. The molecule has 2 heteroatoms. The van der Waals surface area contributed by atoms with Gasteiger partial charge in [-0.05, 0) is 36.6 Å². The lowest BCUT2D eigenvalue weighted by Crippen LogP contribution is -2.08. The first kappa shape index (κ1) is 19.8. The van der Waals surface area contributed by atoms with Crippen LogP contribution in [0.5, 0.6) is 0 Å². The smallest absolute Gasteiger partial charge is 0.0317 e. The van der Waals surface area contributed by atoms with Crippen LogP contribution in [0.2, 0.25) is 0 Å². The van der Waals surface area contributed by atoms with E-state index in [1.54, 1.807) is 6.08 Å². The molecule has 2 nitrogen and oxygen atoms in total. The Kier molecular flexibility index (Phi) is 11.3. The molecule has 0 atom stereocenters. The van der Waals surface area contributed by atoms with Crippen molar-refractivity contribution in [1.82, 2.24) is 5.32 Å². The quantitative estimate of drug-likeness (QED) is 0.560. The molecule has 0 heterocycles. The average molecular weight is 298 g/mol. The van der Waals surface area contributed by atoms with Crippen molar-refractivity contribution in [2.75, 3.05) is 12.8 Å². The molecule has 1 aromatic rings. The molecule has 1 aromatic carbocycles. The summed E-state index contributed by atoms with van der Waals surface area (Å²) in [7, 11) is 1.90. The van der Waals surface area contributed by atoms with Crippen LogP contribution in [0.4, 0.5) is 5.69 Å². The highest BCUT2D eigenvalue weighted by molar-refractivity contribution is 5.46. The third kappa shape index (κ3) is 8.85. The number of rotatable bonds is 7. The monoisotopic (exact) mass is 298 g/mol. The van der Waals surface area contributed by atoms with E-state index in [2.05, 4.69) is 31.5 Å². The number of nitrogen functional groups attached to an aromatic ring is 1. The number of aryl methyl sites for hydroxylation is 1. The molecule has 0 saturated carbocycles. The normalized spacial score (nSPS) is 10.3. The van der Waals surface area contributed by atoms with Gasteiger partial charge in [0.1, 0.15) is 0 Å². The van der Waals surface area contributed by atoms with E-state index in [-0.39, 0.29) is 0 Å². The molecular weight excluding hydrogens is 268 g/mol. The summed E-state index contributed by atoms with van der Waals surface area (Å²) in [5, 5.41) is 3.07. The molecule has 0 aliphatic rings. The predicted octanol–water partition coefficient (Wildman–Crippen LogP) is 4.80. The Balaban J connectivity index is 0.000000534. The van der Waals surface area contributed by atoms with Gasteiger partial charge in [0.15, 0.2) is 0 Å². The zero-order chi connectivity index (χ0) is 16.8. The maximum atomic E-state index is 5.79. The van der Waals surface area contributed by atoms with Gasteiger partial charge >= 0.3 is 0 Å². The van der Waals surface area contributed by atoms with E-state index in [9.17, 15) is 0 Å². The molecule has 22 heavy (non-hydrogen) atoms. The minimum absolute atomic E-state index is 0.828. The summed E-state index contributed by atoms with van der Waals surface area (Å²) in [6.07, 6.45) is 12.6. The van der Waals surface area contributed by atoms with Crippen LogP contribution in [0.1, 0.15) is 31.4 Å². The molecule has 0 amide bonds. The molecule has 0 aromatic heterocycles. The van der Waals surface area contributed by atoms with Gasteiger partial charge in [-0.15, -0.1) is 0 Å². The maximum absolute atomic E-state index is 5.79. The summed E-state index contributed by atoms with van der Waals surface area (Å²) in [4.78, 5) is 0. The maximum Gasteiger partial charge on any atom is 0.0317 e. The number of benzene rings is 1. The fraction of sp³-hybridized carbons (Fsp3) is 0.300. The van der Waals surface area contributed by atoms with E-state index in [0.29, 0.717) is 0 Å². The van der Waals surface area contributed by atoms with Crippen LogP contribution in [0.25, 0.3) is 0 Å². The van der Waals surface area contributed by atoms with E-state index in [4.69, 9.17) is 5.73 Å². The number of anilines is 1. The van der Waals surface area contributed by atoms with Crippen molar-refractivity contribution >= 4 is 5.69 Å². The zero-order valence-corrected chi connectivity index (χ0v) is 14.2. The highest BCUT2D eigenvalue weighted by Gasteiger charge is 2.03. The Morgan fingerprint density at radius 1 is 1.23 bits per heavy atom.